The molecule has 30 heavy (non-hydrogen) atoms. The van der Waals surface area contributed by atoms with Crippen molar-refractivity contribution in [2.45, 2.75) is 13.5 Å². The average Bonchev–Trinajstić information content (AvgIpc) is 3.21. The minimum Gasteiger partial charge on any atom is -0.337 e. The van der Waals surface area contributed by atoms with Crippen molar-refractivity contribution in [2.24, 2.45) is 0 Å². The predicted molar refractivity (Wildman–Crippen MR) is 115 cm³/mol. The van der Waals surface area contributed by atoms with Gasteiger partial charge in [-0.2, -0.15) is 4.98 Å². The maximum atomic E-state index is 12.7. The van der Waals surface area contributed by atoms with Gasteiger partial charge in [-0.25, -0.2) is 8.42 Å². The molecule has 3 aromatic rings. The van der Waals surface area contributed by atoms with Gasteiger partial charge in [-0.15, -0.1) is 0 Å². The van der Waals surface area contributed by atoms with Crippen LogP contribution < -0.4 is 4.31 Å². The highest BCUT2D eigenvalue weighted by Gasteiger charge is 2.19. The third-order valence-corrected chi connectivity index (χ3v) is 6.67. The van der Waals surface area contributed by atoms with Crippen LogP contribution in [0.25, 0.3) is 11.4 Å². The van der Waals surface area contributed by atoms with Crippen LogP contribution in [0, 0.1) is 0 Å². The van der Waals surface area contributed by atoms with Gasteiger partial charge in [-0.1, -0.05) is 28.9 Å². The van der Waals surface area contributed by atoms with Crippen LogP contribution in [0.2, 0.25) is 5.02 Å². The number of hydrogen-bond donors (Lipinski definition) is 0. The van der Waals surface area contributed by atoms with Gasteiger partial charge < -0.3 is 9.42 Å². The summed E-state index contributed by atoms with van der Waals surface area (Å²) in [5.74, 6) is 0.347. The lowest BCUT2D eigenvalue weighted by atomic mass is 10.2. The van der Waals surface area contributed by atoms with E-state index in [1.165, 1.54) is 16.3 Å². The minimum absolute atomic E-state index is 0.00666. The first-order valence-electron chi connectivity index (χ1n) is 9.12. The molecule has 0 atom stereocenters. The van der Waals surface area contributed by atoms with Gasteiger partial charge in [0.15, 0.2) is 0 Å². The van der Waals surface area contributed by atoms with Crippen LogP contribution in [-0.4, -0.2) is 49.2 Å². The quantitative estimate of drug-likeness (QED) is 0.549. The molecule has 0 radical (unpaired) electrons. The first-order chi connectivity index (χ1) is 14.2. The lowest BCUT2D eigenvalue weighted by Crippen LogP contribution is -2.28. The number of aromatic nitrogens is 2. The molecular weight excluding hydrogens is 428 g/mol. The number of anilines is 1. The predicted octanol–water partition coefficient (Wildman–Crippen LogP) is 3.45. The Morgan fingerprint density at radius 3 is 2.40 bits per heavy atom. The number of halogens is 1. The van der Waals surface area contributed by atoms with Gasteiger partial charge in [0.25, 0.3) is 5.91 Å². The average molecular weight is 449 g/mol. The van der Waals surface area contributed by atoms with E-state index in [1.54, 1.807) is 56.4 Å². The zero-order valence-corrected chi connectivity index (χ0v) is 18.3. The summed E-state index contributed by atoms with van der Waals surface area (Å²) in [6.45, 7) is 1.69. The van der Waals surface area contributed by atoms with E-state index < -0.39 is 10.0 Å². The summed E-state index contributed by atoms with van der Waals surface area (Å²) < 4.78 is 30.4. The fourth-order valence-electron chi connectivity index (χ4n) is 2.73. The molecule has 0 fully saturated rings. The number of carbonyl (C=O) groups excluding carboxylic acids is 1. The lowest BCUT2D eigenvalue weighted by Gasteiger charge is -2.19. The molecule has 1 amide bonds. The smallest absolute Gasteiger partial charge is 0.254 e. The van der Waals surface area contributed by atoms with E-state index in [-0.39, 0.29) is 24.1 Å². The lowest BCUT2D eigenvalue weighted by molar-refractivity contribution is 0.0769. The van der Waals surface area contributed by atoms with E-state index in [1.807, 2.05) is 6.07 Å². The van der Waals surface area contributed by atoms with Crippen LogP contribution in [0.5, 0.6) is 0 Å². The normalized spacial score (nSPS) is 11.3. The number of hydrogen-bond acceptors (Lipinski definition) is 6. The van der Waals surface area contributed by atoms with Gasteiger partial charge in [-0.05, 0) is 43.3 Å². The fourth-order valence-corrected chi connectivity index (χ4v) is 3.78. The fraction of sp³-hybridized carbons (Fsp3) is 0.250. The Kier molecular flexibility index (Phi) is 6.42. The SMILES string of the molecule is CCS(=O)(=O)N(C)c1ccc(C(=O)N(C)Cc2nc(-c3ccccc3Cl)no2)cc1. The maximum Gasteiger partial charge on any atom is 0.254 e. The Morgan fingerprint density at radius 2 is 1.77 bits per heavy atom. The molecule has 10 heteroatoms. The minimum atomic E-state index is -3.36. The highest BCUT2D eigenvalue weighted by molar-refractivity contribution is 7.92. The van der Waals surface area contributed by atoms with E-state index in [0.717, 1.165) is 0 Å². The van der Waals surface area contributed by atoms with Gasteiger partial charge in [0.2, 0.25) is 21.7 Å². The van der Waals surface area contributed by atoms with E-state index >= 15 is 0 Å². The molecule has 8 nitrogen and oxygen atoms in total. The van der Waals surface area contributed by atoms with Crippen LogP contribution >= 0.6 is 11.6 Å². The molecule has 1 heterocycles. The second-order valence-corrected chi connectivity index (χ2v) is 9.26. The second-order valence-electron chi connectivity index (χ2n) is 6.57. The molecule has 0 N–H and O–H groups in total. The van der Waals surface area contributed by atoms with Crippen LogP contribution in [0.15, 0.2) is 53.1 Å². The molecule has 0 bridgehead atoms. The number of benzene rings is 2. The zero-order valence-electron chi connectivity index (χ0n) is 16.7. The largest absolute Gasteiger partial charge is 0.337 e. The Morgan fingerprint density at radius 1 is 1.10 bits per heavy atom. The zero-order chi connectivity index (χ0) is 21.9. The number of amides is 1. The standard InChI is InChI=1S/C20H21ClN4O4S/c1-4-30(27,28)25(3)15-11-9-14(10-12-15)20(26)24(2)13-18-22-19(23-29-18)16-7-5-6-8-17(16)21/h5-12H,4,13H2,1-3H3. The number of rotatable bonds is 7. The van der Waals surface area contributed by atoms with Gasteiger partial charge in [0.05, 0.1) is 23.0 Å². The molecule has 158 valence electrons. The Hall–Kier alpha value is -2.91. The van der Waals surface area contributed by atoms with Gasteiger partial charge in [0, 0.05) is 25.2 Å². The van der Waals surface area contributed by atoms with Crippen molar-refractivity contribution >= 4 is 33.2 Å². The molecule has 0 aliphatic heterocycles. The Balaban J connectivity index is 1.70. The van der Waals surface area contributed by atoms with Crippen molar-refractivity contribution in [3.8, 4) is 11.4 Å². The van der Waals surface area contributed by atoms with Crippen molar-refractivity contribution < 1.29 is 17.7 Å². The van der Waals surface area contributed by atoms with Crippen LogP contribution in [0.3, 0.4) is 0 Å². The maximum absolute atomic E-state index is 12.7. The summed E-state index contributed by atoms with van der Waals surface area (Å²) in [7, 11) is -0.270. The first-order valence-corrected chi connectivity index (χ1v) is 11.1. The topological polar surface area (TPSA) is 96.6 Å². The van der Waals surface area contributed by atoms with Gasteiger partial charge in [0.1, 0.15) is 0 Å². The van der Waals surface area contributed by atoms with E-state index in [9.17, 15) is 13.2 Å². The summed E-state index contributed by atoms with van der Waals surface area (Å²) in [5, 5.41) is 4.43. The molecular formula is C20H21ClN4O4S. The van der Waals surface area contributed by atoms with Crippen molar-refractivity contribution in [2.75, 3.05) is 24.2 Å². The summed E-state index contributed by atoms with van der Waals surface area (Å²) in [6, 6.07) is 13.5. The van der Waals surface area contributed by atoms with Crippen molar-refractivity contribution in [1.82, 2.24) is 15.0 Å². The summed E-state index contributed by atoms with van der Waals surface area (Å²) in [4.78, 5) is 18.4. The third kappa shape index (κ3) is 4.63. The third-order valence-electron chi connectivity index (χ3n) is 4.56. The number of sulfonamides is 1. The Bertz CT molecular complexity index is 1150. The van der Waals surface area contributed by atoms with Crippen LogP contribution in [-0.2, 0) is 16.6 Å². The number of nitrogens with zero attached hydrogens (tertiary/aromatic N) is 4. The molecule has 0 aliphatic carbocycles. The first kappa shape index (κ1) is 21.8. The van der Waals surface area contributed by atoms with Gasteiger partial charge >= 0.3 is 0 Å². The summed E-state index contributed by atoms with van der Waals surface area (Å²) >= 11 is 6.15. The molecule has 0 spiro atoms. The van der Waals surface area contributed by atoms with E-state index in [2.05, 4.69) is 10.1 Å². The van der Waals surface area contributed by atoms with Crippen LogP contribution in [0.4, 0.5) is 5.69 Å². The molecule has 3 rings (SSSR count). The molecule has 0 saturated carbocycles. The number of carbonyl (C=O) groups is 1. The second kappa shape index (κ2) is 8.85. The molecule has 0 unspecified atom stereocenters. The highest BCUT2D eigenvalue weighted by atomic mass is 35.5. The van der Waals surface area contributed by atoms with Crippen molar-refractivity contribution in [3.05, 3.63) is 65.0 Å². The Labute approximate surface area is 180 Å². The molecule has 1 aromatic heterocycles. The molecule has 2 aromatic carbocycles. The van der Waals surface area contributed by atoms with E-state index in [0.29, 0.717) is 27.7 Å². The van der Waals surface area contributed by atoms with Crippen molar-refractivity contribution in [1.29, 1.82) is 0 Å². The van der Waals surface area contributed by atoms with Crippen molar-refractivity contribution in [3.63, 3.8) is 0 Å². The molecule has 0 saturated heterocycles. The highest BCUT2D eigenvalue weighted by Crippen LogP contribution is 2.25. The van der Waals surface area contributed by atoms with Gasteiger partial charge in [-0.3, -0.25) is 9.10 Å². The summed E-state index contributed by atoms with van der Waals surface area (Å²) in [6.07, 6.45) is 0. The van der Waals surface area contributed by atoms with E-state index in [4.69, 9.17) is 16.1 Å². The molecule has 0 aliphatic rings. The van der Waals surface area contributed by atoms with Crippen LogP contribution in [0.1, 0.15) is 23.2 Å². The monoisotopic (exact) mass is 448 g/mol. The summed E-state index contributed by atoms with van der Waals surface area (Å²) in [5.41, 5.74) is 1.54.